The van der Waals surface area contributed by atoms with E-state index in [0.29, 0.717) is 16.8 Å². The Hall–Kier alpha value is -3.48. The molecule has 0 aliphatic heterocycles. The predicted octanol–water partition coefficient (Wildman–Crippen LogP) is 3.81. The molecule has 0 aliphatic carbocycles. The monoisotopic (exact) mass is 396 g/mol. The van der Waals surface area contributed by atoms with Crippen LogP contribution in [0, 0.1) is 19.7 Å². The zero-order chi connectivity index (χ0) is 21.3. The van der Waals surface area contributed by atoms with Gasteiger partial charge < -0.3 is 13.9 Å². The Balaban J connectivity index is 1.76. The number of aromatic nitrogens is 2. The molecule has 29 heavy (non-hydrogen) atoms. The minimum absolute atomic E-state index is 0.163. The molecule has 0 saturated heterocycles. The van der Waals surface area contributed by atoms with Crippen molar-refractivity contribution in [1.29, 1.82) is 0 Å². The van der Waals surface area contributed by atoms with Gasteiger partial charge in [0, 0.05) is 41.4 Å². The maximum absolute atomic E-state index is 13.2. The number of hydrogen-bond donors (Lipinski definition) is 0. The van der Waals surface area contributed by atoms with Crippen molar-refractivity contribution in [3.8, 4) is 5.69 Å². The Bertz CT molecular complexity index is 1110. The number of carbonyl (C=O) groups is 3. The summed E-state index contributed by atoms with van der Waals surface area (Å²) >= 11 is 0. The lowest BCUT2D eigenvalue weighted by Gasteiger charge is -2.10. The van der Waals surface area contributed by atoms with Crippen molar-refractivity contribution in [2.75, 3.05) is 6.61 Å². The number of esters is 1. The normalized spacial score (nSPS) is 10.8. The highest BCUT2D eigenvalue weighted by Crippen LogP contribution is 2.22. The second-order valence-electron chi connectivity index (χ2n) is 6.88. The number of hydrogen-bond acceptors (Lipinski definition) is 4. The number of rotatable bonds is 6. The minimum atomic E-state index is -0.680. The summed E-state index contributed by atoms with van der Waals surface area (Å²) in [4.78, 5) is 36.4. The van der Waals surface area contributed by atoms with E-state index in [1.54, 1.807) is 32.2 Å². The van der Waals surface area contributed by atoms with Crippen molar-refractivity contribution in [3.63, 3.8) is 0 Å². The minimum Gasteiger partial charge on any atom is -0.453 e. The van der Waals surface area contributed by atoms with Gasteiger partial charge in [-0.3, -0.25) is 9.59 Å². The molecule has 0 aliphatic rings. The first-order chi connectivity index (χ1) is 13.7. The number of benzene rings is 1. The molecular weight excluding hydrogens is 375 g/mol. The van der Waals surface area contributed by atoms with Crippen LogP contribution in [0.4, 0.5) is 4.39 Å². The maximum atomic E-state index is 13.2. The van der Waals surface area contributed by atoms with E-state index >= 15 is 0 Å². The van der Waals surface area contributed by atoms with Gasteiger partial charge in [0.15, 0.2) is 12.4 Å². The average Bonchev–Trinajstić information content (AvgIpc) is 3.20. The molecule has 2 aromatic heterocycles. The lowest BCUT2D eigenvalue weighted by molar-refractivity contribution is 0.0465. The number of carbonyl (C=O) groups excluding carboxylic acids is 3. The summed E-state index contributed by atoms with van der Waals surface area (Å²) in [6, 6.07) is 9.12. The summed E-state index contributed by atoms with van der Waals surface area (Å²) in [7, 11) is 1.63. The fourth-order valence-electron chi connectivity index (χ4n) is 3.28. The van der Waals surface area contributed by atoms with Crippen molar-refractivity contribution in [2.45, 2.75) is 20.8 Å². The van der Waals surface area contributed by atoms with Crippen LogP contribution < -0.4 is 0 Å². The highest BCUT2D eigenvalue weighted by Gasteiger charge is 2.20. The van der Waals surface area contributed by atoms with Crippen molar-refractivity contribution in [2.24, 2.45) is 7.05 Å². The van der Waals surface area contributed by atoms with E-state index in [2.05, 4.69) is 0 Å². The smallest absolute Gasteiger partial charge is 0.355 e. The molecule has 3 rings (SSSR count). The highest BCUT2D eigenvalue weighted by molar-refractivity contribution is 6.01. The summed E-state index contributed by atoms with van der Waals surface area (Å²) in [5, 5.41) is 0. The molecule has 0 amide bonds. The maximum Gasteiger partial charge on any atom is 0.355 e. The van der Waals surface area contributed by atoms with E-state index < -0.39 is 12.6 Å². The number of Topliss-reactive ketones (excluding diaryl/α,β-unsaturated/α-hetero) is 2. The summed E-state index contributed by atoms with van der Waals surface area (Å²) in [5.74, 6) is -1.53. The van der Waals surface area contributed by atoms with Crippen LogP contribution in [-0.2, 0) is 11.8 Å². The molecule has 3 aromatic rings. The fraction of sp³-hybridized carbons (Fsp3) is 0.227. The number of nitrogens with zero attached hydrogens (tertiary/aromatic N) is 2. The van der Waals surface area contributed by atoms with Gasteiger partial charge >= 0.3 is 5.97 Å². The molecule has 0 bridgehead atoms. The molecule has 0 fully saturated rings. The Morgan fingerprint density at radius 3 is 2.31 bits per heavy atom. The molecule has 0 radical (unpaired) electrons. The second kappa shape index (κ2) is 7.87. The van der Waals surface area contributed by atoms with E-state index in [4.69, 9.17) is 4.74 Å². The third kappa shape index (κ3) is 4.03. The van der Waals surface area contributed by atoms with Gasteiger partial charge in [-0.1, -0.05) is 0 Å². The van der Waals surface area contributed by atoms with Gasteiger partial charge in [-0.2, -0.15) is 0 Å². The van der Waals surface area contributed by atoms with Crippen molar-refractivity contribution < 1.29 is 23.5 Å². The van der Waals surface area contributed by atoms with Crippen LogP contribution >= 0.6 is 0 Å². The van der Waals surface area contributed by atoms with Gasteiger partial charge in [-0.15, -0.1) is 0 Å². The molecular formula is C22H21FN2O4. The van der Waals surface area contributed by atoms with Crippen molar-refractivity contribution in [3.05, 3.63) is 76.6 Å². The zero-order valence-corrected chi connectivity index (χ0v) is 16.7. The first-order valence-electron chi connectivity index (χ1n) is 9.01. The largest absolute Gasteiger partial charge is 0.453 e. The first-order valence-corrected chi connectivity index (χ1v) is 9.01. The van der Waals surface area contributed by atoms with Crippen LogP contribution in [0.3, 0.4) is 0 Å². The quantitative estimate of drug-likeness (QED) is 0.469. The van der Waals surface area contributed by atoms with E-state index in [1.807, 2.05) is 11.5 Å². The van der Waals surface area contributed by atoms with Gasteiger partial charge in [0.2, 0.25) is 5.78 Å². The van der Waals surface area contributed by atoms with Crippen molar-refractivity contribution in [1.82, 2.24) is 9.13 Å². The fourth-order valence-corrected chi connectivity index (χ4v) is 3.28. The van der Waals surface area contributed by atoms with Gasteiger partial charge in [0.1, 0.15) is 11.5 Å². The number of halogens is 1. The molecule has 0 unspecified atom stereocenters. The van der Waals surface area contributed by atoms with Crippen LogP contribution in [0.2, 0.25) is 0 Å². The SMILES string of the molecule is CC(=O)c1cc(C(=O)OCC(=O)c2cc(C)n(-c3ccc(F)cc3)c2C)n(C)c1. The predicted molar refractivity (Wildman–Crippen MR) is 105 cm³/mol. The average molecular weight is 396 g/mol. The van der Waals surface area contributed by atoms with E-state index in [9.17, 15) is 18.8 Å². The Morgan fingerprint density at radius 2 is 1.72 bits per heavy atom. The Labute approximate surface area is 167 Å². The lowest BCUT2D eigenvalue weighted by Crippen LogP contribution is -2.16. The number of aryl methyl sites for hydroxylation is 2. The zero-order valence-electron chi connectivity index (χ0n) is 16.7. The highest BCUT2D eigenvalue weighted by atomic mass is 19.1. The lowest BCUT2D eigenvalue weighted by atomic mass is 10.1. The van der Waals surface area contributed by atoms with E-state index in [-0.39, 0.29) is 23.1 Å². The second-order valence-corrected chi connectivity index (χ2v) is 6.88. The van der Waals surface area contributed by atoms with Gasteiger partial charge in [-0.25, -0.2) is 9.18 Å². The molecule has 0 spiro atoms. The first kappa shape index (κ1) is 20.3. The number of ketones is 2. The van der Waals surface area contributed by atoms with Crippen LogP contribution in [0.15, 0.2) is 42.6 Å². The van der Waals surface area contributed by atoms with Gasteiger partial charge in [0.05, 0.1) is 0 Å². The van der Waals surface area contributed by atoms with E-state index in [0.717, 1.165) is 11.4 Å². The molecule has 1 aromatic carbocycles. The van der Waals surface area contributed by atoms with Crippen LogP contribution in [0.25, 0.3) is 5.69 Å². The Morgan fingerprint density at radius 1 is 1.07 bits per heavy atom. The molecule has 7 heteroatoms. The standard InChI is InChI=1S/C22H21FN2O4/c1-13-9-19(14(2)25(13)18-7-5-17(23)6-8-18)21(27)12-29-22(28)20-10-16(15(3)26)11-24(20)4/h5-11H,12H2,1-4H3. The third-order valence-electron chi connectivity index (χ3n) is 4.77. The molecule has 0 N–H and O–H groups in total. The summed E-state index contributed by atoms with van der Waals surface area (Å²) in [6.45, 7) is 4.60. The number of ether oxygens (including phenoxy) is 1. The Kier molecular flexibility index (Phi) is 5.50. The molecule has 0 saturated carbocycles. The summed E-state index contributed by atoms with van der Waals surface area (Å²) in [5.41, 5.74) is 3.23. The molecule has 0 atom stereocenters. The van der Waals surface area contributed by atoms with Crippen LogP contribution in [-0.4, -0.2) is 33.3 Å². The van der Waals surface area contributed by atoms with Crippen molar-refractivity contribution >= 4 is 17.5 Å². The molecule has 6 nitrogen and oxygen atoms in total. The summed E-state index contributed by atoms with van der Waals surface area (Å²) in [6.07, 6.45) is 1.54. The van der Waals surface area contributed by atoms with Crippen LogP contribution in [0.1, 0.15) is 49.5 Å². The topological polar surface area (TPSA) is 70.3 Å². The molecule has 2 heterocycles. The van der Waals surface area contributed by atoms with E-state index in [1.165, 1.54) is 35.9 Å². The van der Waals surface area contributed by atoms with Gasteiger partial charge in [-0.05, 0) is 57.2 Å². The molecule has 150 valence electrons. The van der Waals surface area contributed by atoms with Crippen LogP contribution in [0.5, 0.6) is 0 Å². The third-order valence-corrected chi connectivity index (χ3v) is 4.77. The summed E-state index contributed by atoms with van der Waals surface area (Å²) < 4.78 is 21.7. The van der Waals surface area contributed by atoms with Gasteiger partial charge in [0.25, 0.3) is 0 Å².